The number of hydrogen-bond donors (Lipinski definition) is 3. The summed E-state index contributed by atoms with van der Waals surface area (Å²) in [5.74, 6) is -2.15. The van der Waals surface area contributed by atoms with Gasteiger partial charge in [0.25, 0.3) is 0 Å². The first-order valence-corrected chi connectivity index (χ1v) is 10.9. The normalized spacial score (nSPS) is 10.9. The molecule has 0 bridgehead atoms. The van der Waals surface area contributed by atoms with Crippen LogP contribution in [0.15, 0.2) is 73.2 Å². The van der Waals surface area contributed by atoms with Gasteiger partial charge in [0, 0.05) is 23.0 Å². The average molecular weight is 505 g/mol. The molecule has 178 valence electrons. The fourth-order valence-electron chi connectivity index (χ4n) is 3.50. The molecule has 0 aliphatic carbocycles. The molecule has 0 atom stereocenters. The zero-order valence-electron chi connectivity index (χ0n) is 18.2. The topological polar surface area (TPSA) is 113 Å². The van der Waals surface area contributed by atoms with E-state index in [0.717, 1.165) is 11.6 Å². The van der Waals surface area contributed by atoms with Crippen LogP contribution >= 0.6 is 11.6 Å². The average Bonchev–Trinajstić information content (AvgIpc) is 3.42. The summed E-state index contributed by atoms with van der Waals surface area (Å²) >= 11 is 5.71. The number of H-pyrrole nitrogens is 1. The second-order valence-corrected chi connectivity index (χ2v) is 8.06. The molecule has 8 nitrogen and oxygen atoms in total. The van der Waals surface area contributed by atoms with Crippen LogP contribution in [-0.4, -0.2) is 32.0 Å². The zero-order chi connectivity index (χ0) is 25.2. The molecule has 2 heterocycles. The Labute approximate surface area is 207 Å². The number of carbonyl (C=O) groups excluding carboxylic acids is 2. The van der Waals surface area contributed by atoms with Crippen LogP contribution < -0.4 is 10.6 Å². The van der Waals surface area contributed by atoms with Crippen molar-refractivity contribution in [3.05, 3.63) is 101 Å². The lowest BCUT2D eigenvalue weighted by atomic mass is 10.0. The molecule has 2 amide bonds. The Bertz CT molecular complexity index is 1630. The Morgan fingerprint density at radius 2 is 1.81 bits per heavy atom. The summed E-state index contributed by atoms with van der Waals surface area (Å²) in [7, 11) is 0. The van der Waals surface area contributed by atoms with Crippen LogP contribution in [0.3, 0.4) is 0 Å². The van der Waals surface area contributed by atoms with E-state index in [1.165, 1.54) is 42.5 Å². The molecule has 2 aromatic heterocycles. The van der Waals surface area contributed by atoms with Crippen molar-refractivity contribution in [2.45, 2.75) is 0 Å². The number of nitrogens with one attached hydrogen (secondary N) is 3. The second-order valence-electron chi connectivity index (χ2n) is 7.65. The van der Waals surface area contributed by atoms with Crippen molar-refractivity contribution in [3.8, 4) is 11.3 Å². The van der Waals surface area contributed by atoms with E-state index in [-0.39, 0.29) is 27.5 Å². The molecule has 0 saturated carbocycles. The highest BCUT2D eigenvalue weighted by Crippen LogP contribution is 2.24. The summed E-state index contributed by atoms with van der Waals surface area (Å²) in [4.78, 5) is 34.3. The molecule has 0 fully saturated rings. The predicted octanol–water partition coefficient (Wildman–Crippen LogP) is 5.83. The number of rotatable bonds is 5. The van der Waals surface area contributed by atoms with E-state index in [1.54, 1.807) is 24.7 Å². The van der Waals surface area contributed by atoms with E-state index in [9.17, 15) is 14.0 Å². The lowest BCUT2D eigenvalue weighted by Crippen LogP contribution is -2.21. The molecular weight excluding hydrogens is 490 g/mol. The van der Waals surface area contributed by atoms with Crippen LogP contribution in [0.1, 0.15) is 15.9 Å². The van der Waals surface area contributed by atoms with E-state index in [4.69, 9.17) is 11.6 Å². The first-order valence-electron chi connectivity index (χ1n) is 10.5. The van der Waals surface area contributed by atoms with Gasteiger partial charge in [0.1, 0.15) is 5.82 Å². The van der Waals surface area contributed by atoms with Crippen LogP contribution in [0.2, 0.25) is 5.02 Å². The number of aromatic nitrogens is 4. The number of fused-ring (bicyclic) bond motifs is 1. The van der Waals surface area contributed by atoms with Crippen LogP contribution in [-0.2, 0) is 0 Å². The van der Waals surface area contributed by atoms with Gasteiger partial charge in [-0.05, 0) is 48.5 Å². The van der Waals surface area contributed by atoms with Crippen LogP contribution in [0.25, 0.3) is 22.3 Å². The zero-order valence-corrected chi connectivity index (χ0v) is 19.0. The quantitative estimate of drug-likeness (QED) is 0.261. The van der Waals surface area contributed by atoms with Gasteiger partial charge in [-0.2, -0.15) is 5.10 Å². The van der Waals surface area contributed by atoms with E-state index >= 15 is 4.39 Å². The minimum atomic E-state index is -0.909. The third-order valence-electron chi connectivity index (χ3n) is 5.27. The van der Waals surface area contributed by atoms with E-state index in [0.29, 0.717) is 16.7 Å². The van der Waals surface area contributed by atoms with Gasteiger partial charge in [-0.15, -0.1) is 0 Å². The van der Waals surface area contributed by atoms with Gasteiger partial charge in [0.05, 0.1) is 45.4 Å². The number of aromatic amines is 1. The molecule has 0 aliphatic heterocycles. The third-order valence-corrected chi connectivity index (χ3v) is 5.56. The smallest absolute Gasteiger partial charge is 0.308 e. The van der Waals surface area contributed by atoms with Crippen molar-refractivity contribution < 1.29 is 18.4 Å². The minimum absolute atomic E-state index is 0.177. The predicted molar refractivity (Wildman–Crippen MR) is 131 cm³/mol. The Morgan fingerprint density at radius 3 is 2.58 bits per heavy atom. The van der Waals surface area contributed by atoms with Gasteiger partial charge in [-0.3, -0.25) is 14.9 Å². The number of nitrogens with zero attached hydrogens (tertiary/aromatic N) is 3. The first kappa shape index (κ1) is 23.1. The summed E-state index contributed by atoms with van der Waals surface area (Å²) in [5.41, 5.74) is 2.25. The number of hydrogen-bond acceptors (Lipinski definition) is 5. The van der Waals surface area contributed by atoms with Crippen molar-refractivity contribution in [3.63, 3.8) is 0 Å². The number of ketones is 1. The summed E-state index contributed by atoms with van der Waals surface area (Å²) in [5, 5.41) is 11.2. The van der Waals surface area contributed by atoms with Crippen molar-refractivity contribution in [1.82, 2.24) is 20.2 Å². The number of urea groups is 1. The Hall–Kier alpha value is -4.70. The molecular formula is C25H15ClF2N6O2. The Balaban J connectivity index is 1.39. The summed E-state index contributed by atoms with van der Waals surface area (Å²) in [6.45, 7) is 0. The lowest BCUT2D eigenvalue weighted by Gasteiger charge is -2.11. The fraction of sp³-hybridized carbons (Fsp3) is 0. The number of halogens is 3. The summed E-state index contributed by atoms with van der Waals surface area (Å²) in [6.07, 6.45) is 4.85. The number of anilines is 2. The lowest BCUT2D eigenvalue weighted by molar-refractivity contribution is 0.103. The molecule has 0 aliphatic rings. The van der Waals surface area contributed by atoms with Crippen molar-refractivity contribution >= 4 is 45.8 Å². The van der Waals surface area contributed by atoms with Gasteiger partial charge in [0.2, 0.25) is 0 Å². The highest BCUT2D eigenvalue weighted by Gasteiger charge is 2.19. The first-order chi connectivity index (χ1) is 17.4. The molecule has 0 radical (unpaired) electrons. The van der Waals surface area contributed by atoms with Gasteiger partial charge in [-0.1, -0.05) is 17.7 Å². The molecule has 0 spiro atoms. The summed E-state index contributed by atoms with van der Waals surface area (Å²) < 4.78 is 28.5. The van der Waals surface area contributed by atoms with Crippen LogP contribution in [0.5, 0.6) is 0 Å². The molecule has 0 unspecified atom stereocenters. The standard InChI is InChI=1S/C25H15ClF2N6O2/c26-17-9-15(5-6-18(17)27)32-25(36)34-20-3-1-2-16(23(20)28)24(35)13-4-7-19-21(8-13)33-22(12-29-19)14-10-30-31-11-14/h1-12H,(H,30,31)(H2,32,34,36). The summed E-state index contributed by atoms with van der Waals surface area (Å²) in [6, 6.07) is 11.6. The van der Waals surface area contributed by atoms with Crippen molar-refractivity contribution in [2.24, 2.45) is 0 Å². The van der Waals surface area contributed by atoms with E-state index in [2.05, 4.69) is 30.8 Å². The molecule has 36 heavy (non-hydrogen) atoms. The van der Waals surface area contributed by atoms with Gasteiger partial charge < -0.3 is 10.6 Å². The molecule has 5 rings (SSSR count). The SMILES string of the molecule is O=C(Nc1ccc(F)c(Cl)c1)Nc1cccc(C(=O)c2ccc3ncc(-c4cn[nH]c4)nc3c2)c1F. The Morgan fingerprint density at radius 1 is 0.944 bits per heavy atom. The monoisotopic (exact) mass is 504 g/mol. The highest BCUT2D eigenvalue weighted by atomic mass is 35.5. The Kier molecular flexibility index (Phi) is 6.09. The maximum Gasteiger partial charge on any atom is 0.323 e. The van der Waals surface area contributed by atoms with Crippen molar-refractivity contribution in [1.29, 1.82) is 0 Å². The third kappa shape index (κ3) is 4.62. The molecule has 5 aromatic rings. The molecule has 11 heteroatoms. The van der Waals surface area contributed by atoms with Crippen LogP contribution in [0, 0.1) is 11.6 Å². The maximum atomic E-state index is 15.2. The molecule has 3 aromatic carbocycles. The maximum absolute atomic E-state index is 15.2. The van der Waals surface area contributed by atoms with E-state index < -0.39 is 23.4 Å². The second kappa shape index (κ2) is 9.51. The number of carbonyl (C=O) groups is 2. The fourth-order valence-corrected chi connectivity index (χ4v) is 3.68. The minimum Gasteiger partial charge on any atom is -0.308 e. The number of benzene rings is 3. The number of amides is 2. The molecule has 0 saturated heterocycles. The van der Waals surface area contributed by atoms with E-state index in [1.807, 2.05) is 0 Å². The van der Waals surface area contributed by atoms with Gasteiger partial charge in [0.15, 0.2) is 11.6 Å². The van der Waals surface area contributed by atoms with Crippen molar-refractivity contribution in [2.75, 3.05) is 10.6 Å². The highest BCUT2D eigenvalue weighted by molar-refractivity contribution is 6.31. The molecule has 3 N–H and O–H groups in total. The largest absolute Gasteiger partial charge is 0.323 e. The van der Waals surface area contributed by atoms with Crippen LogP contribution in [0.4, 0.5) is 25.0 Å². The van der Waals surface area contributed by atoms with Gasteiger partial charge in [-0.25, -0.2) is 18.6 Å². The van der Waals surface area contributed by atoms with Gasteiger partial charge >= 0.3 is 6.03 Å².